The molecule has 0 amide bonds. The molecule has 0 aromatic heterocycles. The first kappa shape index (κ1) is 16.3. The fourth-order valence-electron chi connectivity index (χ4n) is 3.05. The molecule has 0 saturated carbocycles. The molecule has 0 spiro atoms. The van der Waals surface area contributed by atoms with Crippen LogP contribution in [0, 0.1) is 0 Å². The van der Waals surface area contributed by atoms with Crippen molar-refractivity contribution in [2.24, 2.45) is 0 Å². The van der Waals surface area contributed by atoms with Crippen LogP contribution in [0.4, 0.5) is 0 Å². The SMILES string of the molecule is C=C(C)/C(C(C)=O)=C1/N[C@@H](c2ccccc2)CC(C)(C)N1C. The Morgan fingerprint density at radius 2 is 1.86 bits per heavy atom. The molecule has 1 heterocycles. The molecule has 0 unspecified atom stereocenters. The Bertz CT molecular complexity index is 598. The normalized spacial score (nSPS) is 22.8. The zero-order valence-electron chi connectivity index (χ0n) is 14.2. The number of nitrogens with zero attached hydrogens (tertiary/aromatic N) is 1. The highest BCUT2D eigenvalue weighted by Gasteiger charge is 2.37. The zero-order chi connectivity index (χ0) is 16.5. The molecular formula is C19H26N2O. The van der Waals surface area contributed by atoms with Crippen LogP contribution < -0.4 is 5.32 Å². The van der Waals surface area contributed by atoms with Crippen LogP contribution in [0.1, 0.15) is 45.7 Å². The van der Waals surface area contributed by atoms with Crippen LogP contribution in [0.2, 0.25) is 0 Å². The maximum absolute atomic E-state index is 12.1. The first-order chi connectivity index (χ1) is 10.2. The first-order valence-electron chi connectivity index (χ1n) is 7.70. The maximum atomic E-state index is 12.1. The fourth-order valence-corrected chi connectivity index (χ4v) is 3.05. The van der Waals surface area contributed by atoms with Gasteiger partial charge in [-0.1, -0.05) is 36.9 Å². The van der Waals surface area contributed by atoms with Crippen LogP contribution >= 0.6 is 0 Å². The average Bonchev–Trinajstić information content (AvgIpc) is 2.43. The Kier molecular flexibility index (Phi) is 4.45. The summed E-state index contributed by atoms with van der Waals surface area (Å²) >= 11 is 0. The Balaban J connectivity index is 2.52. The quantitative estimate of drug-likeness (QED) is 0.861. The van der Waals surface area contributed by atoms with Gasteiger partial charge in [-0.15, -0.1) is 0 Å². The highest BCUT2D eigenvalue weighted by molar-refractivity contribution is 5.98. The molecule has 1 atom stereocenters. The van der Waals surface area contributed by atoms with E-state index in [0.717, 1.165) is 17.8 Å². The van der Waals surface area contributed by atoms with Crippen molar-refractivity contribution in [3.8, 4) is 0 Å². The third kappa shape index (κ3) is 3.08. The highest BCUT2D eigenvalue weighted by atomic mass is 16.1. The van der Waals surface area contributed by atoms with Crippen molar-refractivity contribution < 1.29 is 4.79 Å². The smallest absolute Gasteiger partial charge is 0.163 e. The number of ketones is 1. The van der Waals surface area contributed by atoms with Gasteiger partial charge in [0, 0.05) is 12.6 Å². The predicted octanol–water partition coefficient (Wildman–Crippen LogP) is 3.81. The van der Waals surface area contributed by atoms with E-state index in [1.807, 2.05) is 20.0 Å². The molecule has 0 bridgehead atoms. The summed E-state index contributed by atoms with van der Waals surface area (Å²) in [5.74, 6) is 0.927. The van der Waals surface area contributed by atoms with E-state index in [1.54, 1.807) is 6.92 Å². The average molecular weight is 298 g/mol. The lowest BCUT2D eigenvalue weighted by molar-refractivity contribution is -0.113. The molecule has 2 rings (SSSR count). The molecule has 0 aliphatic carbocycles. The molecule has 1 aliphatic heterocycles. The van der Waals surface area contributed by atoms with Crippen molar-refractivity contribution in [2.45, 2.75) is 45.7 Å². The second-order valence-corrected chi connectivity index (χ2v) is 6.74. The molecule has 3 nitrogen and oxygen atoms in total. The van der Waals surface area contributed by atoms with E-state index < -0.39 is 0 Å². The van der Waals surface area contributed by atoms with Gasteiger partial charge in [0.25, 0.3) is 0 Å². The van der Waals surface area contributed by atoms with Crippen molar-refractivity contribution in [1.29, 1.82) is 0 Å². The second kappa shape index (κ2) is 5.99. The van der Waals surface area contributed by atoms with Gasteiger partial charge in [0.1, 0.15) is 5.82 Å². The summed E-state index contributed by atoms with van der Waals surface area (Å²) in [5.41, 5.74) is 2.69. The van der Waals surface area contributed by atoms with Crippen LogP contribution in [0.25, 0.3) is 0 Å². The van der Waals surface area contributed by atoms with Gasteiger partial charge in [-0.2, -0.15) is 0 Å². The molecular weight excluding hydrogens is 272 g/mol. The Morgan fingerprint density at radius 3 is 2.36 bits per heavy atom. The summed E-state index contributed by atoms with van der Waals surface area (Å²) in [4.78, 5) is 14.3. The van der Waals surface area contributed by atoms with Gasteiger partial charge in [0.15, 0.2) is 5.78 Å². The van der Waals surface area contributed by atoms with E-state index in [0.29, 0.717) is 5.57 Å². The largest absolute Gasteiger partial charge is 0.364 e. The molecule has 1 aromatic rings. The number of benzene rings is 1. The molecule has 1 N–H and O–H groups in total. The van der Waals surface area contributed by atoms with E-state index in [1.165, 1.54) is 5.56 Å². The van der Waals surface area contributed by atoms with Gasteiger partial charge in [-0.25, -0.2) is 0 Å². The predicted molar refractivity (Wildman–Crippen MR) is 91.3 cm³/mol. The third-order valence-corrected chi connectivity index (χ3v) is 4.48. The lowest BCUT2D eigenvalue weighted by atomic mass is 9.86. The van der Waals surface area contributed by atoms with Crippen molar-refractivity contribution in [2.75, 3.05) is 7.05 Å². The van der Waals surface area contributed by atoms with E-state index in [4.69, 9.17) is 0 Å². The Hall–Kier alpha value is -2.03. The fraction of sp³-hybridized carbons (Fsp3) is 0.421. The Labute approximate surface area is 133 Å². The molecule has 118 valence electrons. The molecule has 1 saturated heterocycles. The van der Waals surface area contributed by atoms with Crippen LogP contribution in [0.15, 0.2) is 53.9 Å². The minimum Gasteiger partial charge on any atom is -0.364 e. The van der Waals surface area contributed by atoms with Crippen LogP contribution in [-0.2, 0) is 4.79 Å². The lowest BCUT2D eigenvalue weighted by Gasteiger charge is -2.48. The lowest BCUT2D eigenvalue weighted by Crippen LogP contribution is -2.52. The Morgan fingerprint density at radius 1 is 1.27 bits per heavy atom. The number of allylic oxidation sites excluding steroid dienone is 2. The second-order valence-electron chi connectivity index (χ2n) is 6.74. The molecule has 22 heavy (non-hydrogen) atoms. The standard InChI is InChI=1S/C19H26N2O/c1-13(2)17(14(3)22)18-20-16(12-19(4,5)21(18)6)15-10-8-7-9-11-15/h7-11,16,20H,1,12H2,2-6H3/b18-17+/t16-/m1/s1. The highest BCUT2D eigenvalue weighted by Crippen LogP contribution is 2.36. The summed E-state index contributed by atoms with van der Waals surface area (Å²) in [6.45, 7) is 11.9. The minimum absolute atomic E-state index is 0.0444. The van der Waals surface area contributed by atoms with Crippen molar-refractivity contribution >= 4 is 5.78 Å². The van der Waals surface area contributed by atoms with Crippen molar-refractivity contribution in [1.82, 2.24) is 10.2 Å². The molecule has 1 aromatic carbocycles. The maximum Gasteiger partial charge on any atom is 0.163 e. The summed E-state index contributed by atoms with van der Waals surface area (Å²) in [5, 5.41) is 3.56. The summed E-state index contributed by atoms with van der Waals surface area (Å²) < 4.78 is 0. The zero-order valence-corrected chi connectivity index (χ0v) is 14.2. The topological polar surface area (TPSA) is 32.3 Å². The molecule has 0 radical (unpaired) electrons. The van der Waals surface area contributed by atoms with Crippen molar-refractivity contribution in [3.05, 3.63) is 59.4 Å². The number of carbonyl (C=O) groups is 1. The van der Waals surface area contributed by atoms with Gasteiger partial charge < -0.3 is 10.2 Å². The van der Waals surface area contributed by atoms with Gasteiger partial charge in [-0.3, -0.25) is 4.79 Å². The number of hydrogen-bond acceptors (Lipinski definition) is 3. The number of hydrogen-bond donors (Lipinski definition) is 1. The number of rotatable bonds is 3. The third-order valence-electron chi connectivity index (χ3n) is 4.48. The summed E-state index contributed by atoms with van der Waals surface area (Å²) in [6, 6.07) is 10.6. The van der Waals surface area contributed by atoms with Crippen molar-refractivity contribution in [3.63, 3.8) is 0 Å². The van der Waals surface area contributed by atoms with Crippen LogP contribution in [-0.4, -0.2) is 23.3 Å². The minimum atomic E-state index is -0.0444. The monoisotopic (exact) mass is 298 g/mol. The van der Waals surface area contributed by atoms with E-state index in [2.05, 4.69) is 54.9 Å². The van der Waals surface area contributed by atoms with E-state index in [9.17, 15) is 4.79 Å². The molecule has 1 aliphatic rings. The van der Waals surface area contributed by atoms with E-state index >= 15 is 0 Å². The molecule has 1 fully saturated rings. The summed E-state index contributed by atoms with van der Waals surface area (Å²) in [7, 11) is 2.04. The van der Waals surface area contributed by atoms with Crippen LogP contribution in [0.3, 0.4) is 0 Å². The van der Waals surface area contributed by atoms with Gasteiger partial charge in [0.05, 0.1) is 11.6 Å². The number of Topliss-reactive ketones (excluding diaryl/α,β-unsaturated/α-hetero) is 1. The number of nitrogens with one attached hydrogen (secondary N) is 1. The van der Waals surface area contributed by atoms with Gasteiger partial charge >= 0.3 is 0 Å². The van der Waals surface area contributed by atoms with Gasteiger partial charge in [-0.05, 0) is 45.3 Å². The molecule has 3 heteroatoms. The first-order valence-corrected chi connectivity index (χ1v) is 7.70. The summed E-state index contributed by atoms with van der Waals surface area (Å²) in [6.07, 6.45) is 0.971. The van der Waals surface area contributed by atoms with Gasteiger partial charge in [0.2, 0.25) is 0 Å². The number of carbonyl (C=O) groups excluding carboxylic acids is 1. The van der Waals surface area contributed by atoms with E-state index in [-0.39, 0.29) is 17.4 Å². The van der Waals surface area contributed by atoms with Crippen LogP contribution in [0.5, 0.6) is 0 Å².